The molecule has 1 fully saturated rings. The average Bonchev–Trinajstić information content (AvgIpc) is 2.76. The topological polar surface area (TPSA) is 36.9 Å². The lowest BCUT2D eigenvalue weighted by Gasteiger charge is -2.49. The van der Waals surface area contributed by atoms with Crippen molar-refractivity contribution < 1.29 is 18.3 Å². The Hall–Kier alpha value is -1.40. The average molecular weight is 419 g/mol. The van der Waals surface area contributed by atoms with Crippen molar-refractivity contribution in [3.8, 4) is 5.75 Å². The number of rotatable bonds is 8. The third-order valence-electron chi connectivity index (χ3n) is 5.75. The molecule has 0 aliphatic carbocycles. The number of hydrogen-bond donors (Lipinski definition) is 0. The Balaban J connectivity index is 0.000000218. The monoisotopic (exact) mass is 418 g/mol. The summed E-state index contributed by atoms with van der Waals surface area (Å²) in [5.41, 5.74) is 0. The van der Waals surface area contributed by atoms with Crippen LogP contribution in [0.4, 0.5) is 0 Å². The van der Waals surface area contributed by atoms with Crippen LogP contribution in [0.2, 0.25) is 6.04 Å². The molecular weight excluding hydrogens is 380 g/mol. The first-order valence-electron chi connectivity index (χ1n) is 11.1. The van der Waals surface area contributed by atoms with Crippen molar-refractivity contribution in [1.29, 1.82) is 0 Å². The van der Waals surface area contributed by atoms with Gasteiger partial charge in [-0.05, 0) is 51.1 Å². The van der Waals surface area contributed by atoms with Crippen LogP contribution < -0.4 is 4.74 Å². The molecular formula is C24H38O4Si. The SMILES string of the molecule is CCOC1(CC)CCCC[Si]1(OCC)OCC.COc1cccc2ccccc12. The second-order valence-electron chi connectivity index (χ2n) is 7.29. The van der Waals surface area contributed by atoms with E-state index in [2.05, 4.69) is 45.9 Å². The van der Waals surface area contributed by atoms with Gasteiger partial charge < -0.3 is 18.3 Å². The number of hydrogen-bond acceptors (Lipinski definition) is 4. The highest BCUT2D eigenvalue weighted by molar-refractivity contribution is 6.70. The molecule has 1 aliphatic heterocycles. The Kier molecular flexibility index (Phi) is 9.63. The van der Waals surface area contributed by atoms with Crippen LogP contribution in [-0.2, 0) is 13.6 Å². The molecule has 1 heterocycles. The van der Waals surface area contributed by atoms with Crippen molar-refractivity contribution in [2.45, 2.75) is 64.6 Å². The quantitative estimate of drug-likeness (QED) is 0.474. The van der Waals surface area contributed by atoms with E-state index in [1.165, 1.54) is 23.6 Å². The fraction of sp³-hybridized carbons (Fsp3) is 0.583. The summed E-state index contributed by atoms with van der Waals surface area (Å²) in [5, 5.41) is 2.27. The highest BCUT2D eigenvalue weighted by Gasteiger charge is 2.58. The van der Waals surface area contributed by atoms with Gasteiger partial charge in [-0.25, -0.2) is 0 Å². The lowest BCUT2D eigenvalue weighted by molar-refractivity contribution is -0.0426. The van der Waals surface area contributed by atoms with Gasteiger partial charge in [-0.15, -0.1) is 0 Å². The van der Waals surface area contributed by atoms with E-state index < -0.39 is 8.56 Å². The second-order valence-corrected chi connectivity index (χ2v) is 10.8. The summed E-state index contributed by atoms with van der Waals surface area (Å²) in [6.45, 7) is 10.6. The van der Waals surface area contributed by atoms with Gasteiger partial charge in [0.15, 0.2) is 0 Å². The molecule has 0 saturated carbocycles. The maximum absolute atomic E-state index is 6.16. The number of methoxy groups -OCH3 is 1. The molecule has 2 aromatic carbocycles. The molecule has 3 rings (SSSR count). The highest BCUT2D eigenvalue weighted by Crippen LogP contribution is 2.43. The molecule has 1 atom stereocenters. The first kappa shape index (κ1) is 23.9. The molecule has 4 nitrogen and oxygen atoms in total. The van der Waals surface area contributed by atoms with E-state index in [1.807, 2.05) is 24.3 Å². The molecule has 1 aliphatic rings. The van der Waals surface area contributed by atoms with Gasteiger partial charge >= 0.3 is 8.56 Å². The summed E-state index contributed by atoms with van der Waals surface area (Å²) in [5.74, 6) is 0.938. The maximum atomic E-state index is 6.16. The van der Waals surface area contributed by atoms with Crippen molar-refractivity contribution in [1.82, 2.24) is 0 Å². The van der Waals surface area contributed by atoms with Crippen LogP contribution >= 0.6 is 0 Å². The molecule has 0 N–H and O–H groups in total. The van der Waals surface area contributed by atoms with E-state index in [4.69, 9.17) is 18.3 Å². The third kappa shape index (κ3) is 5.40. The van der Waals surface area contributed by atoms with Crippen molar-refractivity contribution >= 4 is 19.3 Å². The minimum atomic E-state index is -2.21. The molecule has 0 amide bonds. The lowest BCUT2D eigenvalue weighted by atomic mass is 10.1. The molecule has 162 valence electrons. The summed E-state index contributed by atoms with van der Waals surface area (Å²) in [4.78, 5) is 0. The Morgan fingerprint density at radius 1 is 0.862 bits per heavy atom. The zero-order chi connectivity index (χ0) is 21.2. The minimum Gasteiger partial charge on any atom is -0.496 e. The summed E-state index contributed by atoms with van der Waals surface area (Å²) >= 11 is 0. The van der Waals surface area contributed by atoms with Crippen LogP contribution in [0.5, 0.6) is 5.75 Å². The van der Waals surface area contributed by atoms with Gasteiger partial charge in [-0.1, -0.05) is 56.2 Å². The fourth-order valence-electron chi connectivity index (χ4n) is 4.48. The normalized spacial score (nSPS) is 20.7. The standard InChI is InChI=1S/C13H28O3Si.C11H10O/c1-5-13(14-6-2)11-9-10-12-17(13,15-7-3)16-8-4;1-12-11-8-4-6-9-5-2-3-7-10(9)11/h5-12H2,1-4H3;2-8H,1H3. The predicted molar refractivity (Wildman–Crippen MR) is 123 cm³/mol. The van der Waals surface area contributed by atoms with Gasteiger partial charge in [0.2, 0.25) is 0 Å². The first-order chi connectivity index (χ1) is 14.1. The molecule has 2 aromatic rings. The van der Waals surface area contributed by atoms with Gasteiger partial charge in [-0.2, -0.15) is 0 Å². The van der Waals surface area contributed by atoms with E-state index >= 15 is 0 Å². The zero-order valence-electron chi connectivity index (χ0n) is 18.8. The van der Waals surface area contributed by atoms with Gasteiger partial charge in [0.1, 0.15) is 11.0 Å². The summed E-state index contributed by atoms with van der Waals surface area (Å²) in [7, 11) is -0.509. The van der Waals surface area contributed by atoms with E-state index in [0.29, 0.717) is 0 Å². The van der Waals surface area contributed by atoms with E-state index in [0.717, 1.165) is 44.5 Å². The fourth-order valence-corrected chi connectivity index (χ4v) is 8.94. The van der Waals surface area contributed by atoms with E-state index in [1.54, 1.807) is 7.11 Å². The molecule has 0 aromatic heterocycles. The summed E-state index contributed by atoms with van der Waals surface area (Å²) in [6.07, 6.45) is 4.57. The molecule has 0 spiro atoms. The van der Waals surface area contributed by atoms with Crippen molar-refractivity contribution in [2.75, 3.05) is 26.9 Å². The van der Waals surface area contributed by atoms with Crippen LogP contribution in [0.25, 0.3) is 10.8 Å². The number of fused-ring (bicyclic) bond motifs is 1. The molecule has 29 heavy (non-hydrogen) atoms. The molecule has 1 saturated heterocycles. The largest absolute Gasteiger partial charge is 0.496 e. The smallest absolute Gasteiger partial charge is 0.371 e. The van der Waals surface area contributed by atoms with Crippen molar-refractivity contribution in [2.24, 2.45) is 0 Å². The maximum Gasteiger partial charge on any atom is 0.371 e. The third-order valence-corrected chi connectivity index (χ3v) is 10.4. The van der Waals surface area contributed by atoms with Gasteiger partial charge in [0, 0.05) is 25.2 Å². The van der Waals surface area contributed by atoms with Gasteiger partial charge in [0.25, 0.3) is 0 Å². The van der Waals surface area contributed by atoms with E-state index in [9.17, 15) is 0 Å². The number of benzene rings is 2. The number of ether oxygens (including phenoxy) is 2. The van der Waals surface area contributed by atoms with Gasteiger partial charge in [-0.3, -0.25) is 0 Å². The van der Waals surface area contributed by atoms with Crippen LogP contribution in [0, 0.1) is 0 Å². The predicted octanol–water partition coefficient (Wildman–Crippen LogP) is 6.26. The molecule has 5 heteroatoms. The molecule has 0 bridgehead atoms. The highest BCUT2D eigenvalue weighted by atomic mass is 28.4. The Labute approximate surface area is 177 Å². The van der Waals surface area contributed by atoms with Crippen LogP contribution in [0.15, 0.2) is 42.5 Å². The van der Waals surface area contributed by atoms with Crippen molar-refractivity contribution in [3.05, 3.63) is 42.5 Å². The molecule has 1 unspecified atom stereocenters. The van der Waals surface area contributed by atoms with Crippen LogP contribution in [0.1, 0.15) is 53.4 Å². The Morgan fingerprint density at radius 2 is 1.55 bits per heavy atom. The molecule has 0 radical (unpaired) electrons. The van der Waals surface area contributed by atoms with Crippen LogP contribution in [0.3, 0.4) is 0 Å². The van der Waals surface area contributed by atoms with Crippen LogP contribution in [-0.4, -0.2) is 40.7 Å². The van der Waals surface area contributed by atoms with Crippen molar-refractivity contribution in [3.63, 3.8) is 0 Å². The first-order valence-corrected chi connectivity index (χ1v) is 13.1. The van der Waals surface area contributed by atoms with Gasteiger partial charge in [0.05, 0.1) is 7.11 Å². The zero-order valence-corrected chi connectivity index (χ0v) is 19.8. The Bertz CT molecular complexity index is 715. The van der Waals surface area contributed by atoms with E-state index in [-0.39, 0.29) is 5.22 Å². The summed E-state index contributed by atoms with van der Waals surface area (Å²) < 4.78 is 23.7. The lowest BCUT2D eigenvalue weighted by Crippen LogP contribution is -2.65. The minimum absolute atomic E-state index is 0.119. The summed E-state index contributed by atoms with van der Waals surface area (Å²) in [6, 6.07) is 15.3. The Morgan fingerprint density at radius 3 is 2.17 bits per heavy atom. The second kappa shape index (κ2) is 11.7.